The van der Waals surface area contributed by atoms with Crippen molar-refractivity contribution in [1.82, 2.24) is 9.88 Å². The second-order valence-corrected chi connectivity index (χ2v) is 7.26. The maximum absolute atomic E-state index is 4.24. The molecular formula is C21H28N4. The van der Waals surface area contributed by atoms with Crippen molar-refractivity contribution in [2.75, 3.05) is 49.1 Å². The van der Waals surface area contributed by atoms with E-state index in [1.807, 2.05) is 12.4 Å². The molecule has 4 heteroatoms. The molecule has 0 saturated carbocycles. The minimum absolute atomic E-state index is 0.693. The zero-order valence-corrected chi connectivity index (χ0v) is 15.1. The molecule has 0 N–H and O–H groups in total. The number of pyridine rings is 1. The standard InChI is InChI=1S/C21H28N4/c1-18-16-22-10-8-21(18)24-12-5-11-23(14-15-24)20-9-13-25(17-20)19-6-3-2-4-7-19/h2-4,6-8,10,16,20H,5,9,11-15,17H2,1H3. The number of rotatable bonds is 3. The zero-order valence-electron chi connectivity index (χ0n) is 15.1. The summed E-state index contributed by atoms with van der Waals surface area (Å²) in [5.41, 5.74) is 4.01. The number of benzene rings is 1. The van der Waals surface area contributed by atoms with Gasteiger partial charge >= 0.3 is 0 Å². The summed E-state index contributed by atoms with van der Waals surface area (Å²) in [6, 6.07) is 13.7. The van der Waals surface area contributed by atoms with Crippen LogP contribution in [0.1, 0.15) is 18.4 Å². The molecule has 2 aromatic rings. The molecule has 0 aliphatic carbocycles. The highest BCUT2D eigenvalue weighted by molar-refractivity contribution is 5.51. The van der Waals surface area contributed by atoms with E-state index in [9.17, 15) is 0 Å². The summed E-state index contributed by atoms with van der Waals surface area (Å²) in [5.74, 6) is 0. The molecule has 1 unspecified atom stereocenters. The summed E-state index contributed by atoms with van der Waals surface area (Å²) in [7, 11) is 0. The van der Waals surface area contributed by atoms with Gasteiger partial charge in [-0.05, 0) is 43.5 Å². The average molecular weight is 336 g/mol. The molecule has 0 spiro atoms. The SMILES string of the molecule is Cc1cnccc1N1CCCN(C2CCN(c3ccccc3)C2)CC1. The van der Waals surface area contributed by atoms with Gasteiger partial charge in [0.05, 0.1) is 0 Å². The van der Waals surface area contributed by atoms with Crippen LogP contribution in [0.5, 0.6) is 0 Å². The van der Waals surface area contributed by atoms with Crippen molar-refractivity contribution in [3.05, 3.63) is 54.4 Å². The zero-order chi connectivity index (χ0) is 17.1. The Morgan fingerprint density at radius 3 is 2.64 bits per heavy atom. The van der Waals surface area contributed by atoms with Crippen molar-refractivity contribution in [1.29, 1.82) is 0 Å². The van der Waals surface area contributed by atoms with Gasteiger partial charge in [0.15, 0.2) is 0 Å². The van der Waals surface area contributed by atoms with Crippen molar-refractivity contribution in [3.8, 4) is 0 Å². The molecule has 25 heavy (non-hydrogen) atoms. The second kappa shape index (κ2) is 7.44. The number of hydrogen-bond acceptors (Lipinski definition) is 4. The molecule has 4 rings (SSSR count). The molecule has 0 radical (unpaired) electrons. The molecule has 2 aliphatic rings. The van der Waals surface area contributed by atoms with Crippen LogP contribution in [0.4, 0.5) is 11.4 Å². The summed E-state index contributed by atoms with van der Waals surface area (Å²) < 4.78 is 0. The Kier molecular flexibility index (Phi) is 4.88. The minimum Gasteiger partial charge on any atom is -0.370 e. The Bertz CT molecular complexity index is 687. The Balaban J connectivity index is 1.38. The van der Waals surface area contributed by atoms with E-state index >= 15 is 0 Å². The molecule has 2 fully saturated rings. The fourth-order valence-electron chi connectivity index (χ4n) is 4.28. The van der Waals surface area contributed by atoms with Gasteiger partial charge < -0.3 is 9.80 Å². The van der Waals surface area contributed by atoms with Crippen LogP contribution in [0.3, 0.4) is 0 Å². The fraction of sp³-hybridized carbons (Fsp3) is 0.476. The van der Waals surface area contributed by atoms with E-state index in [0.29, 0.717) is 6.04 Å². The second-order valence-electron chi connectivity index (χ2n) is 7.26. The maximum Gasteiger partial charge on any atom is 0.0427 e. The van der Waals surface area contributed by atoms with Gasteiger partial charge in [0.25, 0.3) is 0 Å². The third-order valence-corrected chi connectivity index (χ3v) is 5.66. The summed E-state index contributed by atoms with van der Waals surface area (Å²) in [6.07, 6.45) is 6.42. The van der Waals surface area contributed by atoms with Crippen LogP contribution in [0, 0.1) is 6.92 Å². The quantitative estimate of drug-likeness (QED) is 0.858. The molecule has 2 saturated heterocycles. The highest BCUT2D eigenvalue weighted by Crippen LogP contribution is 2.25. The minimum atomic E-state index is 0.693. The molecule has 4 nitrogen and oxygen atoms in total. The molecule has 1 atom stereocenters. The highest BCUT2D eigenvalue weighted by Gasteiger charge is 2.29. The summed E-state index contributed by atoms with van der Waals surface area (Å²) >= 11 is 0. The lowest BCUT2D eigenvalue weighted by molar-refractivity contribution is 0.224. The van der Waals surface area contributed by atoms with Gasteiger partial charge in [0.1, 0.15) is 0 Å². The maximum atomic E-state index is 4.24. The summed E-state index contributed by atoms with van der Waals surface area (Å²) in [4.78, 5) is 12.0. The summed E-state index contributed by atoms with van der Waals surface area (Å²) in [5, 5.41) is 0. The molecule has 1 aromatic carbocycles. The first-order valence-electron chi connectivity index (χ1n) is 9.51. The normalized spacial score (nSPS) is 22.2. The molecule has 0 amide bonds. The van der Waals surface area contributed by atoms with Gasteiger partial charge in [-0.2, -0.15) is 0 Å². The molecule has 2 aliphatic heterocycles. The van der Waals surface area contributed by atoms with Crippen molar-refractivity contribution < 1.29 is 0 Å². The lowest BCUT2D eigenvalue weighted by atomic mass is 10.2. The molecule has 0 bridgehead atoms. The molecule has 3 heterocycles. The van der Waals surface area contributed by atoms with Gasteiger partial charge in [-0.3, -0.25) is 9.88 Å². The van der Waals surface area contributed by atoms with Crippen LogP contribution < -0.4 is 9.80 Å². The van der Waals surface area contributed by atoms with Crippen LogP contribution in [0.25, 0.3) is 0 Å². The summed E-state index contributed by atoms with van der Waals surface area (Å²) in [6.45, 7) is 9.16. The lowest BCUT2D eigenvalue weighted by Gasteiger charge is -2.28. The number of aryl methyl sites for hydroxylation is 1. The number of para-hydroxylation sites is 1. The van der Waals surface area contributed by atoms with E-state index in [4.69, 9.17) is 0 Å². The van der Waals surface area contributed by atoms with Crippen LogP contribution in [-0.2, 0) is 0 Å². The Hall–Kier alpha value is -2.07. The number of nitrogens with zero attached hydrogens (tertiary/aromatic N) is 4. The van der Waals surface area contributed by atoms with Crippen LogP contribution in [0.15, 0.2) is 48.8 Å². The fourth-order valence-corrected chi connectivity index (χ4v) is 4.28. The van der Waals surface area contributed by atoms with E-state index in [1.165, 1.54) is 42.9 Å². The number of hydrogen-bond donors (Lipinski definition) is 0. The van der Waals surface area contributed by atoms with Gasteiger partial charge in [0, 0.05) is 69.1 Å². The Morgan fingerprint density at radius 1 is 0.920 bits per heavy atom. The lowest BCUT2D eigenvalue weighted by Crippen LogP contribution is -2.40. The van der Waals surface area contributed by atoms with Crippen LogP contribution >= 0.6 is 0 Å². The van der Waals surface area contributed by atoms with Crippen molar-refractivity contribution in [2.24, 2.45) is 0 Å². The molecule has 132 valence electrons. The van der Waals surface area contributed by atoms with E-state index in [-0.39, 0.29) is 0 Å². The smallest absolute Gasteiger partial charge is 0.0427 e. The predicted molar refractivity (Wildman–Crippen MR) is 104 cm³/mol. The van der Waals surface area contributed by atoms with Crippen molar-refractivity contribution in [3.63, 3.8) is 0 Å². The van der Waals surface area contributed by atoms with Crippen molar-refractivity contribution in [2.45, 2.75) is 25.8 Å². The predicted octanol–water partition coefficient (Wildman–Crippen LogP) is 3.18. The van der Waals surface area contributed by atoms with E-state index < -0.39 is 0 Å². The first-order valence-corrected chi connectivity index (χ1v) is 9.51. The Morgan fingerprint density at radius 2 is 1.80 bits per heavy atom. The number of aromatic nitrogens is 1. The van der Waals surface area contributed by atoms with E-state index in [1.54, 1.807) is 0 Å². The van der Waals surface area contributed by atoms with Gasteiger partial charge in [-0.15, -0.1) is 0 Å². The average Bonchev–Trinajstić information content (AvgIpc) is 3.02. The highest BCUT2D eigenvalue weighted by atomic mass is 15.3. The van der Waals surface area contributed by atoms with E-state index in [0.717, 1.165) is 26.2 Å². The Labute approximate surface area is 151 Å². The first kappa shape index (κ1) is 16.4. The topological polar surface area (TPSA) is 22.6 Å². The number of anilines is 2. The first-order chi connectivity index (χ1) is 12.3. The molecular weight excluding hydrogens is 308 g/mol. The largest absolute Gasteiger partial charge is 0.370 e. The monoisotopic (exact) mass is 336 g/mol. The van der Waals surface area contributed by atoms with Crippen LogP contribution in [-0.4, -0.2) is 55.2 Å². The van der Waals surface area contributed by atoms with Crippen molar-refractivity contribution >= 4 is 11.4 Å². The van der Waals surface area contributed by atoms with Crippen LogP contribution in [0.2, 0.25) is 0 Å². The van der Waals surface area contributed by atoms with Gasteiger partial charge in [-0.25, -0.2) is 0 Å². The third kappa shape index (κ3) is 3.64. The molecule has 1 aromatic heterocycles. The van der Waals surface area contributed by atoms with Gasteiger partial charge in [0.2, 0.25) is 0 Å². The van der Waals surface area contributed by atoms with Gasteiger partial charge in [-0.1, -0.05) is 18.2 Å². The van der Waals surface area contributed by atoms with E-state index in [2.05, 4.69) is 63.0 Å². The third-order valence-electron chi connectivity index (χ3n) is 5.66.